The van der Waals surface area contributed by atoms with Crippen molar-refractivity contribution < 1.29 is 19.8 Å². The van der Waals surface area contributed by atoms with Gasteiger partial charge in [-0.25, -0.2) is 0 Å². The fourth-order valence-corrected chi connectivity index (χ4v) is 0.934. The van der Waals surface area contributed by atoms with Crippen molar-refractivity contribution in [2.45, 2.75) is 0 Å². The van der Waals surface area contributed by atoms with Gasteiger partial charge in [0, 0.05) is 5.56 Å². The molecule has 0 saturated heterocycles. The second kappa shape index (κ2) is 4.32. The van der Waals surface area contributed by atoms with E-state index in [-0.39, 0.29) is 17.9 Å². The maximum atomic E-state index is 11.3. The molecule has 0 spiro atoms. The predicted molar refractivity (Wildman–Crippen MR) is 51.3 cm³/mol. The van der Waals surface area contributed by atoms with E-state index in [9.17, 15) is 9.59 Å². The van der Waals surface area contributed by atoms with E-state index in [0.717, 1.165) is 6.07 Å². The summed E-state index contributed by atoms with van der Waals surface area (Å²) in [6, 6.07) is 3.57. The number of nitrogens with one attached hydrogen (secondary N) is 1. The minimum atomic E-state index is -0.661. The van der Waals surface area contributed by atoms with Crippen LogP contribution in [0.1, 0.15) is 10.4 Å². The van der Waals surface area contributed by atoms with Crippen LogP contribution in [0.5, 0.6) is 11.5 Å². The summed E-state index contributed by atoms with van der Waals surface area (Å²) in [5.41, 5.74) is 4.96. The molecule has 0 fully saturated rings. The number of phenolic OH excluding ortho intramolecular Hbond substituents is 2. The van der Waals surface area contributed by atoms with Gasteiger partial charge in [0.25, 0.3) is 5.91 Å². The molecule has 0 bridgehead atoms. The summed E-state index contributed by atoms with van der Waals surface area (Å²) in [5, 5.41) is 20.3. The zero-order valence-corrected chi connectivity index (χ0v) is 7.73. The summed E-state index contributed by atoms with van der Waals surface area (Å²) in [6.45, 7) is -0.277. The third-order valence-corrected chi connectivity index (χ3v) is 1.66. The highest BCUT2D eigenvalue weighted by atomic mass is 16.3. The normalized spacial score (nSPS) is 9.60. The lowest BCUT2D eigenvalue weighted by atomic mass is 10.2. The fourth-order valence-electron chi connectivity index (χ4n) is 0.934. The summed E-state index contributed by atoms with van der Waals surface area (Å²) in [7, 11) is 0. The number of benzene rings is 1. The third-order valence-electron chi connectivity index (χ3n) is 1.66. The summed E-state index contributed by atoms with van der Waals surface area (Å²) in [4.78, 5) is 21.7. The number of phenols is 2. The molecule has 0 unspecified atom stereocenters. The molecule has 6 nitrogen and oxygen atoms in total. The van der Waals surface area contributed by atoms with Crippen LogP contribution in [-0.2, 0) is 4.79 Å². The largest absolute Gasteiger partial charge is 0.504 e. The molecule has 1 aromatic rings. The molecule has 80 valence electrons. The summed E-state index contributed by atoms with van der Waals surface area (Å²) < 4.78 is 0. The molecule has 5 N–H and O–H groups in total. The van der Waals surface area contributed by atoms with Crippen LogP contribution in [-0.4, -0.2) is 28.6 Å². The molecule has 15 heavy (non-hydrogen) atoms. The van der Waals surface area contributed by atoms with Gasteiger partial charge in [0.2, 0.25) is 5.91 Å². The number of carbonyl (C=O) groups is 2. The van der Waals surface area contributed by atoms with Crippen molar-refractivity contribution in [1.29, 1.82) is 0 Å². The van der Waals surface area contributed by atoms with Gasteiger partial charge < -0.3 is 21.3 Å². The topological polar surface area (TPSA) is 113 Å². The van der Waals surface area contributed by atoms with E-state index >= 15 is 0 Å². The molecule has 0 radical (unpaired) electrons. The van der Waals surface area contributed by atoms with Gasteiger partial charge in [0.05, 0.1) is 6.54 Å². The van der Waals surface area contributed by atoms with E-state index in [0.29, 0.717) is 0 Å². The molecule has 0 heterocycles. The number of carbonyl (C=O) groups excluding carboxylic acids is 2. The van der Waals surface area contributed by atoms with Crippen molar-refractivity contribution in [3.05, 3.63) is 23.8 Å². The minimum Gasteiger partial charge on any atom is -0.504 e. The van der Waals surface area contributed by atoms with Crippen LogP contribution < -0.4 is 11.1 Å². The number of nitrogens with two attached hydrogens (primary N) is 1. The predicted octanol–water partition coefficient (Wildman–Crippen LogP) is -0.687. The Kier molecular flexibility index (Phi) is 3.12. The van der Waals surface area contributed by atoms with Crippen molar-refractivity contribution in [3.8, 4) is 11.5 Å². The molecule has 0 atom stereocenters. The van der Waals surface area contributed by atoms with Crippen molar-refractivity contribution in [3.63, 3.8) is 0 Å². The summed E-state index contributed by atoms with van der Waals surface area (Å²) in [6.07, 6.45) is 0. The average Bonchev–Trinajstić information content (AvgIpc) is 2.18. The molecule has 0 saturated carbocycles. The van der Waals surface area contributed by atoms with Crippen molar-refractivity contribution >= 4 is 11.8 Å². The van der Waals surface area contributed by atoms with Crippen LogP contribution in [0.15, 0.2) is 18.2 Å². The third kappa shape index (κ3) is 2.87. The van der Waals surface area contributed by atoms with Gasteiger partial charge >= 0.3 is 0 Å². The molecular weight excluding hydrogens is 200 g/mol. The van der Waals surface area contributed by atoms with E-state index in [1.165, 1.54) is 12.1 Å². The Morgan fingerprint density at radius 2 is 1.93 bits per heavy atom. The van der Waals surface area contributed by atoms with Gasteiger partial charge in [-0.3, -0.25) is 9.59 Å². The molecule has 2 amide bonds. The quantitative estimate of drug-likeness (QED) is 0.494. The number of primary amides is 1. The Morgan fingerprint density at radius 1 is 1.27 bits per heavy atom. The lowest BCUT2D eigenvalue weighted by Gasteiger charge is -2.03. The molecular formula is C9H10N2O4. The first-order valence-corrected chi connectivity index (χ1v) is 4.09. The molecule has 6 heteroatoms. The van der Waals surface area contributed by atoms with E-state index in [1.807, 2.05) is 0 Å². The number of hydrogen-bond acceptors (Lipinski definition) is 4. The first kappa shape index (κ1) is 10.8. The number of aromatic hydroxyl groups is 2. The highest BCUT2D eigenvalue weighted by Gasteiger charge is 2.08. The minimum absolute atomic E-state index is 0.131. The van der Waals surface area contributed by atoms with Gasteiger partial charge in [-0.1, -0.05) is 0 Å². The lowest BCUT2D eigenvalue weighted by Crippen LogP contribution is -2.33. The van der Waals surface area contributed by atoms with Crippen LogP contribution in [0.3, 0.4) is 0 Å². The Bertz CT molecular complexity index is 403. The van der Waals surface area contributed by atoms with Crippen LogP contribution in [0.4, 0.5) is 0 Å². The average molecular weight is 210 g/mol. The second-order valence-corrected chi connectivity index (χ2v) is 2.85. The van der Waals surface area contributed by atoms with Crippen molar-refractivity contribution in [2.24, 2.45) is 5.73 Å². The van der Waals surface area contributed by atoms with Crippen LogP contribution >= 0.6 is 0 Å². The van der Waals surface area contributed by atoms with Gasteiger partial charge in [-0.2, -0.15) is 0 Å². The number of hydrogen-bond donors (Lipinski definition) is 4. The highest BCUT2D eigenvalue weighted by Crippen LogP contribution is 2.24. The number of rotatable bonds is 3. The van der Waals surface area contributed by atoms with E-state index in [4.69, 9.17) is 15.9 Å². The van der Waals surface area contributed by atoms with E-state index < -0.39 is 17.6 Å². The monoisotopic (exact) mass is 210 g/mol. The molecule has 0 aliphatic carbocycles. The zero-order chi connectivity index (χ0) is 11.4. The van der Waals surface area contributed by atoms with Crippen LogP contribution in [0.25, 0.3) is 0 Å². The standard InChI is InChI=1S/C9H10N2O4/c10-8(14)4-11-9(15)5-1-2-6(12)7(13)3-5/h1-3,12-13H,4H2,(H2,10,14)(H,11,15). The Hall–Kier alpha value is -2.24. The molecule has 1 rings (SSSR count). The Morgan fingerprint density at radius 3 is 2.47 bits per heavy atom. The zero-order valence-electron chi connectivity index (χ0n) is 7.73. The maximum Gasteiger partial charge on any atom is 0.251 e. The van der Waals surface area contributed by atoms with E-state index in [1.54, 1.807) is 0 Å². The smallest absolute Gasteiger partial charge is 0.251 e. The maximum absolute atomic E-state index is 11.3. The number of amides is 2. The van der Waals surface area contributed by atoms with Gasteiger partial charge in [0.15, 0.2) is 11.5 Å². The molecule has 0 aliphatic heterocycles. The van der Waals surface area contributed by atoms with Gasteiger partial charge in [-0.15, -0.1) is 0 Å². The Labute approximate surface area is 85.3 Å². The van der Waals surface area contributed by atoms with Gasteiger partial charge in [0.1, 0.15) is 0 Å². The molecule has 0 aromatic heterocycles. The van der Waals surface area contributed by atoms with Crippen molar-refractivity contribution in [1.82, 2.24) is 5.32 Å². The van der Waals surface area contributed by atoms with Crippen molar-refractivity contribution in [2.75, 3.05) is 6.54 Å². The first-order valence-electron chi connectivity index (χ1n) is 4.09. The van der Waals surface area contributed by atoms with Crippen LogP contribution in [0.2, 0.25) is 0 Å². The van der Waals surface area contributed by atoms with E-state index in [2.05, 4.69) is 5.32 Å². The highest BCUT2D eigenvalue weighted by molar-refractivity contribution is 5.96. The molecule has 0 aliphatic rings. The lowest BCUT2D eigenvalue weighted by molar-refractivity contribution is -0.117. The van der Waals surface area contributed by atoms with Gasteiger partial charge in [-0.05, 0) is 18.2 Å². The second-order valence-electron chi connectivity index (χ2n) is 2.85. The fraction of sp³-hybridized carbons (Fsp3) is 0.111. The first-order chi connectivity index (χ1) is 7.00. The Balaban J connectivity index is 2.74. The SMILES string of the molecule is NC(=O)CNC(=O)c1ccc(O)c(O)c1. The molecule has 1 aromatic carbocycles. The summed E-state index contributed by atoms with van der Waals surface area (Å²) >= 11 is 0. The summed E-state index contributed by atoms with van der Waals surface area (Å²) in [5.74, 6) is -1.93. The van der Waals surface area contributed by atoms with Crippen LogP contribution in [0, 0.1) is 0 Å².